The lowest BCUT2D eigenvalue weighted by Gasteiger charge is -2.08. The number of rotatable bonds is 2. The van der Waals surface area contributed by atoms with Crippen LogP contribution in [0.25, 0.3) is 10.2 Å². The largest absolute Gasteiger partial charge is 0.331 e. The average molecular weight is 302 g/mol. The SMILES string of the molecule is Cc1ccc(Cn2c(=S)[nH]c3ccsc3c2=O)cc1C. The molecular weight excluding hydrogens is 288 g/mol. The first-order chi connectivity index (χ1) is 9.56. The first kappa shape index (κ1) is 13.3. The Bertz CT molecular complexity index is 902. The maximum absolute atomic E-state index is 12.5. The molecule has 1 aromatic carbocycles. The summed E-state index contributed by atoms with van der Waals surface area (Å²) in [6.07, 6.45) is 0. The van der Waals surface area contributed by atoms with Gasteiger partial charge in [-0.1, -0.05) is 18.2 Å². The minimum Gasteiger partial charge on any atom is -0.331 e. The van der Waals surface area contributed by atoms with Gasteiger partial charge in [0.2, 0.25) is 0 Å². The fourth-order valence-corrected chi connectivity index (χ4v) is 3.25. The van der Waals surface area contributed by atoms with Gasteiger partial charge in [0.1, 0.15) is 4.70 Å². The van der Waals surface area contributed by atoms with E-state index in [0.29, 0.717) is 11.3 Å². The second kappa shape index (κ2) is 5.00. The van der Waals surface area contributed by atoms with Crippen molar-refractivity contribution < 1.29 is 0 Å². The third-order valence-corrected chi connectivity index (χ3v) is 4.73. The number of nitrogens with zero attached hydrogens (tertiary/aromatic N) is 1. The summed E-state index contributed by atoms with van der Waals surface area (Å²) in [5.41, 5.74) is 4.37. The molecule has 0 unspecified atom stereocenters. The number of aryl methyl sites for hydroxylation is 2. The second-order valence-corrected chi connectivity index (χ2v) is 6.21. The maximum Gasteiger partial charge on any atom is 0.272 e. The predicted molar refractivity (Wildman–Crippen MR) is 86.3 cm³/mol. The van der Waals surface area contributed by atoms with Gasteiger partial charge in [0.25, 0.3) is 5.56 Å². The number of aromatic amines is 1. The summed E-state index contributed by atoms with van der Waals surface area (Å²) in [6, 6.07) is 8.11. The highest BCUT2D eigenvalue weighted by Crippen LogP contribution is 2.15. The van der Waals surface area contributed by atoms with Gasteiger partial charge in [0.15, 0.2) is 4.77 Å². The number of fused-ring (bicyclic) bond motifs is 1. The molecule has 0 radical (unpaired) electrons. The van der Waals surface area contributed by atoms with Crippen LogP contribution in [0.4, 0.5) is 0 Å². The lowest BCUT2D eigenvalue weighted by atomic mass is 10.1. The summed E-state index contributed by atoms with van der Waals surface area (Å²) in [7, 11) is 0. The Balaban J connectivity index is 2.12. The Morgan fingerprint density at radius 3 is 2.80 bits per heavy atom. The number of H-pyrrole nitrogens is 1. The monoisotopic (exact) mass is 302 g/mol. The smallest absolute Gasteiger partial charge is 0.272 e. The van der Waals surface area contributed by atoms with Crippen molar-refractivity contribution in [2.24, 2.45) is 0 Å². The van der Waals surface area contributed by atoms with E-state index in [-0.39, 0.29) is 5.56 Å². The molecule has 2 heterocycles. The van der Waals surface area contributed by atoms with Gasteiger partial charge in [-0.3, -0.25) is 9.36 Å². The van der Waals surface area contributed by atoms with Gasteiger partial charge in [0.05, 0.1) is 12.1 Å². The molecular formula is C15H14N2OS2. The number of hydrogen-bond acceptors (Lipinski definition) is 3. The van der Waals surface area contributed by atoms with E-state index in [9.17, 15) is 4.79 Å². The van der Waals surface area contributed by atoms with E-state index in [1.165, 1.54) is 22.5 Å². The van der Waals surface area contributed by atoms with Gasteiger partial charge in [-0.15, -0.1) is 11.3 Å². The predicted octanol–water partition coefficient (Wildman–Crippen LogP) is 3.79. The van der Waals surface area contributed by atoms with E-state index in [1.54, 1.807) is 4.57 Å². The van der Waals surface area contributed by atoms with Gasteiger partial charge in [0, 0.05) is 0 Å². The van der Waals surface area contributed by atoms with Crippen molar-refractivity contribution in [2.75, 3.05) is 0 Å². The Hall–Kier alpha value is -1.72. The van der Waals surface area contributed by atoms with Crippen molar-refractivity contribution in [3.63, 3.8) is 0 Å². The van der Waals surface area contributed by atoms with E-state index < -0.39 is 0 Å². The van der Waals surface area contributed by atoms with Crippen molar-refractivity contribution in [3.8, 4) is 0 Å². The van der Waals surface area contributed by atoms with Crippen molar-refractivity contribution >= 4 is 33.8 Å². The molecule has 0 saturated heterocycles. The first-order valence-electron chi connectivity index (χ1n) is 6.33. The van der Waals surface area contributed by atoms with Crippen LogP contribution in [0.15, 0.2) is 34.4 Å². The molecule has 3 aromatic rings. The maximum atomic E-state index is 12.5. The van der Waals surface area contributed by atoms with Crippen molar-refractivity contribution in [1.29, 1.82) is 0 Å². The summed E-state index contributed by atoms with van der Waals surface area (Å²) >= 11 is 6.74. The number of nitrogens with one attached hydrogen (secondary N) is 1. The van der Waals surface area contributed by atoms with E-state index in [0.717, 1.165) is 15.8 Å². The molecule has 1 N–H and O–H groups in total. The summed E-state index contributed by atoms with van der Waals surface area (Å²) in [5, 5.41) is 1.90. The number of hydrogen-bond donors (Lipinski definition) is 1. The fraction of sp³-hybridized carbons (Fsp3) is 0.200. The summed E-state index contributed by atoms with van der Waals surface area (Å²) in [4.78, 5) is 15.6. The number of benzene rings is 1. The minimum atomic E-state index is -0.0167. The quantitative estimate of drug-likeness (QED) is 0.731. The molecule has 0 fully saturated rings. The Labute approximate surface area is 125 Å². The molecule has 0 aliphatic carbocycles. The van der Waals surface area contributed by atoms with Crippen LogP contribution in [-0.2, 0) is 6.54 Å². The molecule has 0 bridgehead atoms. The summed E-state index contributed by atoms with van der Waals surface area (Å²) in [5.74, 6) is 0. The van der Waals surface area contributed by atoms with Crippen LogP contribution < -0.4 is 5.56 Å². The van der Waals surface area contributed by atoms with Gasteiger partial charge < -0.3 is 4.98 Å². The lowest BCUT2D eigenvalue weighted by molar-refractivity contribution is 0.735. The molecule has 3 rings (SSSR count). The molecule has 20 heavy (non-hydrogen) atoms. The molecule has 2 aromatic heterocycles. The number of aromatic nitrogens is 2. The minimum absolute atomic E-state index is 0.0167. The van der Waals surface area contributed by atoms with E-state index in [1.807, 2.05) is 17.5 Å². The normalized spacial score (nSPS) is 11.1. The highest BCUT2D eigenvalue weighted by atomic mass is 32.1. The molecule has 0 spiro atoms. The zero-order valence-electron chi connectivity index (χ0n) is 11.3. The third kappa shape index (κ3) is 2.23. The van der Waals surface area contributed by atoms with Crippen LogP contribution in [0.2, 0.25) is 0 Å². The summed E-state index contributed by atoms with van der Waals surface area (Å²) in [6.45, 7) is 4.66. The van der Waals surface area contributed by atoms with Crippen LogP contribution >= 0.6 is 23.6 Å². The lowest BCUT2D eigenvalue weighted by Crippen LogP contribution is -2.21. The standard InChI is InChI=1S/C15H14N2OS2/c1-9-3-4-11(7-10(9)2)8-17-14(18)13-12(5-6-20-13)16-15(17)19/h3-7H,8H2,1-2H3,(H,16,19). The van der Waals surface area contributed by atoms with Gasteiger partial charge in [-0.2, -0.15) is 0 Å². The molecule has 0 saturated carbocycles. The molecule has 102 valence electrons. The fourth-order valence-electron chi connectivity index (χ4n) is 2.20. The first-order valence-corrected chi connectivity index (χ1v) is 7.61. The molecule has 5 heteroatoms. The summed E-state index contributed by atoms with van der Waals surface area (Å²) < 4.78 is 2.82. The van der Waals surface area contributed by atoms with E-state index >= 15 is 0 Å². The van der Waals surface area contributed by atoms with Crippen molar-refractivity contribution in [2.45, 2.75) is 20.4 Å². The van der Waals surface area contributed by atoms with Gasteiger partial charge in [-0.05, 0) is 54.2 Å². The van der Waals surface area contributed by atoms with Crippen molar-refractivity contribution in [3.05, 3.63) is 61.5 Å². The topological polar surface area (TPSA) is 37.8 Å². The highest BCUT2D eigenvalue weighted by molar-refractivity contribution is 7.71. The molecule has 3 nitrogen and oxygen atoms in total. The number of thiophene rings is 1. The van der Waals surface area contributed by atoms with Crippen molar-refractivity contribution in [1.82, 2.24) is 9.55 Å². The van der Waals surface area contributed by atoms with Crippen LogP contribution in [0.3, 0.4) is 0 Å². The Morgan fingerprint density at radius 1 is 1.25 bits per heavy atom. The molecule has 0 amide bonds. The van der Waals surface area contributed by atoms with E-state index in [4.69, 9.17) is 12.2 Å². The third-order valence-electron chi connectivity index (χ3n) is 3.50. The highest BCUT2D eigenvalue weighted by Gasteiger charge is 2.07. The van der Waals surface area contributed by atoms with Crippen LogP contribution in [0.1, 0.15) is 16.7 Å². The second-order valence-electron chi connectivity index (χ2n) is 4.90. The Kier molecular flexibility index (Phi) is 3.31. The van der Waals surface area contributed by atoms with Crippen LogP contribution in [-0.4, -0.2) is 9.55 Å². The zero-order valence-corrected chi connectivity index (χ0v) is 12.9. The van der Waals surface area contributed by atoms with E-state index in [2.05, 4.69) is 31.0 Å². The van der Waals surface area contributed by atoms with Gasteiger partial charge >= 0.3 is 0 Å². The average Bonchev–Trinajstić information content (AvgIpc) is 2.87. The molecule has 0 aliphatic heterocycles. The Morgan fingerprint density at radius 2 is 2.05 bits per heavy atom. The molecule has 0 atom stereocenters. The zero-order chi connectivity index (χ0) is 14.3. The van der Waals surface area contributed by atoms with Crippen LogP contribution in [0, 0.1) is 18.6 Å². The van der Waals surface area contributed by atoms with Gasteiger partial charge in [-0.25, -0.2) is 0 Å². The van der Waals surface area contributed by atoms with Crippen LogP contribution in [0.5, 0.6) is 0 Å². The molecule has 0 aliphatic rings.